The van der Waals surface area contributed by atoms with Crippen LogP contribution in [0.1, 0.15) is 48.7 Å². The topological polar surface area (TPSA) is 115 Å². The molecule has 2 aromatic heterocycles. The van der Waals surface area contributed by atoms with Crippen LogP contribution in [0.5, 0.6) is 5.88 Å². The minimum Gasteiger partial charge on any atom is -0.473 e. The lowest BCUT2D eigenvalue weighted by atomic mass is 9.97. The number of nitrogens with zero attached hydrogens (tertiary/aromatic N) is 3. The molecular formula is C26H27F3N4O4S. The molecule has 12 heteroatoms. The number of alkyl halides is 3. The highest BCUT2D eigenvalue weighted by Gasteiger charge is 2.40. The van der Waals surface area contributed by atoms with Gasteiger partial charge in [0.15, 0.2) is 5.03 Å². The van der Waals surface area contributed by atoms with Gasteiger partial charge in [0.05, 0.1) is 10.5 Å². The molecule has 1 fully saturated rings. The Bertz CT molecular complexity index is 1480. The molecule has 2 N–H and O–H groups in total. The van der Waals surface area contributed by atoms with Crippen molar-refractivity contribution in [2.75, 3.05) is 11.4 Å². The lowest BCUT2D eigenvalue weighted by Gasteiger charge is -2.33. The van der Waals surface area contributed by atoms with E-state index in [1.165, 1.54) is 48.7 Å². The summed E-state index contributed by atoms with van der Waals surface area (Å²) in [5.41, 5.74) is 4.03. The molecule has 0 spiro atoms. The molecule has 1 aliphatic rings. The third-order valence-corrected chi connectivity index (χ3v) is 8.13. The van der Waals surface area contributed by atoms with E-state index in [0.29, 0.717) is 6.54 Å². The fourth-order valence-electron chi connectivity index (χ4n) is 4.87. The minimum absolute atomic E-state index is 0.132. The second-order valence-corrected chi connectivity index (χ2v) is 11.7. The highest BCUT2D eigenvalue weighted by atomic mass is 32.2. The van der Waals surface area contributed by atoms with E-state index in [9.17, 15) is 26.4 Å². The summed E-state index contributed by atoms with van der Waals surface area (Å²) < 4.78 is 72.6. The molecule has 3 aromatic rings. The number of ether oxygens (including phenoxy) is 1. The predicted octanol–water partition coefficient (Wildman–Crippen LogP) is 4.63. The SMILES string of the molecule is CC1CN(c2nccc(S(=O)(=O)c3cccc(OCc4ccccc4C(F)(F)F)n3)c2C(N)=O)C(C)(C)C1. The van der Waals surface area contributed by atoms with Gasteiger partial charge in [0.25, 0.3) is 5.91 Å². The molecule has 1 aliphatic heterocycles. The van der Waals surface area contributed by atoms with Crippen molar-refractivity contribution in [2.24, 2.45) is 11.7 Å². The lowest BCUT2D eigenvalue weighted by Crippen LogP contribution is -2.40. The molecule has 1 unspecified atom stereocenters. The van der Waals surface area contributed by atoms with Crippen molar-refractivity contribution in [2.45, 2.75) is 55.4 Å². The number of anilines is 1. The van der Waals surface area contributed by atoms with Crippen LogP contribution in [0.25, 0.3) is 0 Å². The normalized spacial score (nSPS) is 17.4. The molecule has 1 amide bonds. The zero-order valence-electron chi connectivity index (χ0n) is 21.0. The minimum atomic E-state index is -4.58. The summed E-state index contributed by atoms with van der Waals surface area (Å²) >= 11 is 0. The van der Waals surface area contributed by atoms with Crippen LogP contribution in [0, 0.1) is 5.92 Å². The van der Waals surface area contributed by atoms with Crippen molar-refractivity contribution in [1.29, 1.82) is 0 Å². The number of benzene rings is 1. The van der Waals surface area contributed by atoms with Crippen molar-refractivity contribution < 1.29 is 31.1 Å². The molecule has 8 nitrogen and oxygen atoms in total. The Morgan fingerprint density at radius 2 is 1.87 bits per heavy atom. The summed E-state index contributed by atoms with van der Waals surface area (Å²) in [6.45, 7) is 6.08. The fraction of sp³-hybridized carbons (Fsp3) is 0.346. The van der Waals surface area contributed by atoms with Gasteiger partial charge in [-0.15, -0.1) is 0 Å². The van der Waals surface area contributed by atoms with E-state index in [0.717, 1.165) is 12.5 Å². The number of amides is 1. The summed E-state index contributed by atoms with van der Waals surface area (Å²) in [5.74, 6) is -0.708. The maximum Gasteiger partial charge on any atom is 0.416 e. The standard InChI is InChI=1S/C26H27F3N4O4S/c1-16-13-25(2,3)33(14-16)24-22(23(30)34)19(11-12-31-24)38(35,36)21-10-6-9-20(32-21)37-15-17-7-4-5-8-18(17)26(27,28)29/h4-12,16H,13-15H2,1-3H3,(H2,30,34). The van der Waals surface area contributed by atoms with Gasteiger partial charge in [-0.3, -0.25) is 4.79 Å². The van der Waals surface area contributed by atoms with Gasteiger partial charge >= 0.3 is 6.18 Å². The van der Waals surface area contributed by atoms with Crippen LogP contribution in [0.4, 0.5) is 19.0 Å². The number of rotatable bonds is 7. The molecule has 202 valence electrons. The largest absolute Gasteiger partial charge is 0.473 e. The van der Waals surface area contributed by atoms with Crippen LogP contribution < -0.4 is 15.4 Å². The number of hydrogen-bond acceptors (Lipinski definition) is 7. The summed E-state index contributed by atoms with van der Waals surface area (Å²) in [5, 5.41) is -0.451. The zero-order chi connectivity index (χ0) is 27.9. The Hall–Kier alpha value is -3.67. The molecule has 3 heterocycles. The van der Waals surface area contributed by atoms with Gasteiger partial charge in [-0.05, 0) is 44.4 Å². The van der Waals surface area contributed by atoms with Gasteiger partial charge in [0, 0.05) is 29.9 Å². The number of pyridine rings is 2. The number of nitrogens with two attached hydrogens (primary N) is 1. The maximum atomic E-state index is 13.6. The number of primary amides is 1. The summed E-state index contributed by atoms with van der Waals surface area (Å²) in [6.07, 6.45) is -2.48. The monoisotopic (exact) mass is 548 g/mol. The third-order valence-electron chi connectivity index (χ3n) is 6.43. The van der Waals surface area contributed by atoms with E-state index in [4.69, 9.17) is 10.5 Å². The average Bonchev–Trinajstić information content (AvgIpc) is 3.13. The molecule has 0 saturated carbocycles. The van der Waals surface area contributed by atoms with Gasteiger partial charge in [-0.2, -0.15) is 13.2 Å². The Morgan fingerprint density at radius 3 is 2.50 bits per heavy atom. The first kappa shape index (κ1) is 27.4. The Morgan fingerprint density at radius 1 is 1.16 bits per heavy atom. The first-order valence-electron chi connectivity index (χ1n) is 11.8. The van der Waals surface area contributed by atoms with E-state index < -0.39 is 44.7 Å². The molecule has 0 bridgehead atoms. The van der Waals surface area contributed by atoms with E-state index in [1.807, 2.05) is 18.7 Å². The number of sulfone groups is 1. The van der Waals surface area contributed by atoms with Gasteiger partial charge < -0.3 is 15.4 Å². The van der Waals surface area contributed by atoms with E-state index in [1.54, 1.807) is 0 Å². The molecule has 38 heavy (non-hydrogen) atoms. The first-order chi connectivity index (χ1) is 17.7. The first-order valence-corrected chi connectivity index (χ1v) is 13.3. The third kappa shape index (κ3) is 5.31. The smallest absolute Gasteiger partial charge is 0.416 e. The van der Waals surface area contributed by atoms with Gasteiger partial charge in [-0.25, -0.2) is 18.4 Å². The van der Waals surface area contributed by atoms with E-state index in [-0.39, 0.29) is 33.6 Å². The van der Waals surface area contributed by atoms with Crippen molar-refractivity contribution >= 4 is 21.6 Å². The van der Waals surface area contributed by atoms with Gasteiger partial charge in [0.1, 0.15) is 18.0 Å². The number of aromatic nitrogens is 2. The Kier molecular flexibility index (Phi) is 7.13. The van der Waals surface area contributed by atoms with Crippen LogP contribution in [-0.2, 0) is 22.6 Å². The van der Waals surface area contributed by atoms with E-state index in [2.05, 4.69) is 16.9 Å². The van der Waals surface area contributed by atoms with Gasteiger partial charge in [0.2, 0.25) is 15.7 Å². The number of carbonyl (C=O) groups excluding carboxylic acids is 1. The van der Waals surface area contributed by atoms with Crippen LogP contribution >= 0.6 is 0 Å². The van der Waals surface area contributed by atoms with Crippen molar-refractivity contribution in [1.82, 2.24) is 9.97 Å². The molecule has 0 radical (unpaired) electrons. The van der Waals surface area contributed by atoms with Crippen LogP contribution in [0.3, 0.4) is 0 Å². The predicted molar refractivity (Wildman–Crippen MR) is 133 cm³/mol. The van der Waals surface area contributed by atoms with Crippen molar-refractivity contribution in [3.05, 3.63) is 71.4 Å². The maximum absolute atomic E-state index is 13.6. The quantitative estimate of drug-likeness (QED) is 0.458. The number of carbonyl (C=O) groups is 1. The lowest BCUT2D eigenvalue weighted by molar-refractivity contribution is -0.138. The van der Waals surface area contributed by atoms with Crippen molar-refractivity contribution in [3.63, 3.8) is 0 Å². The molecule has 0 aliphatic carbocycles. The summed E-state index contributed by atoms with van der Waals surface area (Å²) in [4.78, 5) is 22.4. The molecule has 1 aromatic carbocycles. The zero-order valence-corrected chi connectivity index (χ0v) is 21.8. The molecule has 1 saturated heterocycles. The van der Waals surface area contributed by atoms with Crippen LogP contribution in [0.2, 0.25) is 0 Å². The average molecular weight is 549 g/mol. The second kappa shape index (κ2) is 9.90. The fourth-order valence-corrected chi connectivity index (χ4v) is 6.26. The summed E-state index contributed by atoms with van der Waals surface area (Å²) in [6, 6.07) is 9.97. The molecule has 4 rings (SSSR count). The van der Waals surface area contributed by atoms with Crippen molar-refractivity contribution in [3.8, 4) is 5.88 Å². The number of hydrogen-bond donors (Lipinski definition) is 1. The Labute approximate surface area is 218 Å². The second-order valence-electron chi connectivity index (χ2n) is 9.87. The van der Waals surface area contributed by atoms with E-state index >= 15 is 0 Å². The number of halogens is 3. The summed E-state index contributed by atoms with van der Waals surface area (Å²) in [7, 11) is -4.39. The van der Waals surface area contributed by atoms with Gasteiger partial charge in [-0.1, -0.05) is 31.2 Å². The highest BCUT2D eigenvalue weighted by molar-refractivity contribution is 7.91. The van der Waals surface area contributed by atoms with Crippen LogP contribution in [-0.4, -0.2) is 36.4 Å². The molecule has 1 atom stereocenters. The highest BCUT2D eigenvalue weighted by Crippen LogP contribution is 2.39. The Balaban J connectivity index is 1.70. The molecular weight excluding hydrogens is 521 g/mol. The van der Waals surface area contributed by atoms with Crippen LogP contribution in [0.15, 0.2) is 64.6 Å².